The molecule has 1 aliphatic rings. The van der Waals surface area contributed by atoms with Crippen LogP contribution < -0.4 is 5.32 Å². The van der Waals surface area contributed by atoms with Crippen LogP contribution in [0.2, 0.25) is 0 Å². The lowest BCUT2D eigenvalue weighted by Crippen LogP contribution is -2.14. The number of hydrogen-bond donors (Lipinski definition) is 3. The summed E-state index contributed by atoms with van der Waals surface area (Å²) in [5.74, 6) is -0.0897. The number of nitrogens with zero attached hydrogens (tertiary/aromatic N) is 2. The zero-order valence-corrected chi connectivity index (χ0v) is 14.5. The Kier molecular flexibility index (Phi) is 4.42. The van der Waals surface area contributed by atoms with Gasteiger partial charge in [-0.25, -0.2) is 9.78 Å². The van der Waals surface area contributed by atoms with Crippen LogP contribution in [0.1, 0.15) is 40.5 Å². The van der Waals surface area contributed by atoms with Gasteiger partial charge in [0.05, 0.1) is 12.1 Å². The fraction of sp³-hybridized carbons (Fsp3) is 0.200. The summed E-state index contributed by atoms with van der Waals surface area (Å²) in [7, 11) is 0. The van der Waals surface area contributed by atoms with Gasteiger partial charge < -0.3 is 10.4 Å². The number of rotatable bonds is 6. The molecule has 1 saturated carbocycles. The summed E-state index contributed by atoms with van der Waals surface area (Å²) in [5.41, 5.74) is 3.30. The van der Waals surface area contributed by atoms with Crippen LogP contribution in [0.5, 0.6) is 0 Å². The minimum absolute atomic E-state index is 0.000485. The van der Waals surface area contributed by atoms with Gasteiger partial charge in [-0.3, -0.25) is 9.89 Å². The quantitative estimate of drug-likeness (QED) is 0.624. The normalized spacial score (nSPS) is 13.3. The minimum atomic E-state index is -1.06. The highest BCUT2D eigenvalue weighted by atomic mass is 16.4. The molecule has 7 nitrogen and oxygen atoms in total. The van der Waals surface area contributed by atoms with Crippen molar-refractivity contribution >= 4 is 17.7 Å². The fourth-order valence-electron chi connectivity index (χ4n) is 2.88. The van der Waals surface area contributed by atoms with Crippen LogP contribution in [-0.2, 0) is 11.2 Å². The zero-order valence-electron chi connectivity index (χ0n) is 14.5. The minimum Gasteiger partial charge on any atom is -0.477 e. The molecule has 1 aliphatic carbocycles. The number of nitrogens with one attached hydrogen (secondary N) is 2. The fourth-order valence-corrected chi connectivity index (χ4v) is 2.88. The predicted molar refractivity (Wildman–Crippen MR) is 99.5 cm³/mol. The lowest BCUT2D eigenvalue weighted by molar-refractivity contribution is -0.115. The van der Waals surface area contributed by atoms with E-state index in [0.717, 1.165) is 16.8 Å². The topological polar surface area (TPSA) is 108 Å². The second-order valence-electron chi connectivity index (χ2n) is 6.62. The maximum absolute atomic E-state index is 12.2. The molecule has 0 saturated heterocycles. The van der Waals surface area contributed by atoms with Gasteiger partial charge in [0.2, 0.25) is 5.91 Å². The van der Waals surface area contributed by atoms with Gasteiger partial charge in [0.1, 0.15) is 5.69 Å². The monoisotopic (exact) mass is 362 g/mol. The van der Waals surface area contributed by atoms with Gasteiger partial charge >= 0.3 is 5.97 Å². The number of aromatic carboxylic acids is 1. The number of pyridine rings is 1. The Morgan fingerprint density at radius 3 is 2.63 bits per heavy atom. The van der Waals surface area contributed by atoms with Crippen molar-refractivity contribution in [3.05, 3.63) is 65.5 Å². The first kappa shape index (κ1) is 17.0. The van der Waals surface area contributed by atoms with E-state index in [9.17, 15) is 9.59 Å². The molecule has 136 valence electrons. The third-order valence-electron chi connectivity index (χ3n) is 4.46. The van der Waals surface area contributed by atoms with Crippen molar-refractivity contribution in [1.82, 2.24) is 15.2 Å². The highest BCUT2D eigenvalue weighted by Gasteiger charge is 2.25. The van der Waals surface area contributed by atoms with Crippen molar-refractivity contribution in [2.75, 3.05) is 5.32 Å². The van der Waals surface area contributed by atoms with Crippen molar-refractivity contribution in [3.63, 3.8) is 0 Å². The van der Waals surface area contributed by atoms with E-state index in [-0.39, 0.29) is 18.0 Å². The number of amides is 1. The average molecular weight is 362 g/mol. The number of benzene rings is 1. The summed E-state index contributed by atoms with van der Waals surface area (Å²) >= 11 is 0. The van der Waals surface area contributed by atoms with Crippen LogP contribution in [0.3, 0.4) is 0 Å². The summed E-state index contributed by atoms with van der Waals surface area (Å²) in [4.78, 5) is 27.4. The van der Waals surface area contributed by atoms with E-state index in [0.29, 0.717) is 17.4 Å². The summed E-state index contributed by atoms with van der Waals surface area (Å²) in [6, 6.07) is 14.1. The molecule has 1 amide bonds. The van der Waals surface area contributed by atoms with E-state index in [4.69, 9.17) is 5.11 Å². The second kappa shape index (κ2) is 7.03. The zero-order chi connectivity index (χ0) is 18.8. The molecular formula is C20H18N4O3. The Morgan fingerprint density at radius 1 is 1.15 bits per heavy atom. The van der Waals surface area contributed by atoms with E-state index < -0.39 is 5.97 Å². The molecule has 1 fully saturated rings. The van der Waals surface area contributed by atoms with Crippen molar-refractivity contribution in [2.24, 2.45) is 0 Å². The molecule has 3 aromatic rings. The standard InChI is InChI=1S/C20H18N4O3/c25-19(22-18-11-17(23-24-18)14-8-9-14)10-12-4-6-13(7-5-12)15-2-1-3-16(21-15)20(26)27/h1-7,11,14H,8-10H2,(H,26,27)(H2,22,23,24,25). The highest BCUT2D eigenvalue weighted by molar-refractivity contribution is 5.91. The molecule has 0 spiro atoms. The Labute approximate surface area is 155 Å². The third kappa shape index (κ3) is 4.03. The molecule has 0 aliphatic heterocycles. The van der Waals surface area contributed by atoms with Gasteiger partial charge in [0.25, 0.3) is 0 Å². The van der Waals surface area contributed by atoms with Crippen LogP contribution >= 0.6 is 0 Å². The van der Waals surface area contributed by atoms with E-state index in [2.05, 4.69) is 20.5 Å². The van der Waals surface area contributed by atoms with Crippen molar-refractivity contribution in [3.8, 4) is 11.3 Å². The first-order chi connectivity index (χ1) is 13.1. The molecule has 0 radical (unpaired) electrons. The van der Waals surface area contributed by atoms with E-state index in [1.807, 2.05) is 30.3 Å². The number of aromatic nitrogens is 3. The van der Waals surface area contributed by atoms with Gasteiger partial charge in [-0.2, -0.15) is 5.10 Å². The summed E-state index contributed by atoms with van der Waals surface area (Å²) < 4.78 is 0. The molecule has 2 aromatic heterocycles. The van der Waals surface area contributed by atoms with Gasteiger partial charge in [-0.1, -0.05) is 30.3 Å². The van der Waals surface area contributed by atoms with Gasteiger partial charge in [-0.15, -0.1) is 0 Å². The molecule has 1 aromatic carbocycles. The van der Waals surface area contributed by atoms with Gasteiger partial charge in [-0.05, 0) is 30.5 Å². The van der Waals surface area contributed by atoms with Crippen LogP contribution in [0.25, 0.3) is 11.3 Å². The summed E-state index contributed by atoms with van der Waals surface area (Å²) in [6.07, 6.45) is 2.58. The Hall–Kier alpha value is -3.48. The second-order valence-corrected chi connectivity index (χ2v) is 6.62. The Morgan fingerprint density at radius 2 is 1.93 bits per heavy atom. The maximum Gasteiger partial charge on any atom is 0.354 e. The number of carboxylic acids is 1. The van der Waals surface area contributed by atoms with Gasteiger partial charge in [0, 0.05) is 23.2 Å². The summed E-state index contributed by atoms with van der Waals surface area (Å²) in [6.45, 7) is 0. The molecule has 3 N–H and O–H groups in total. The number of aromatic amines is 1. The molecule has 27 heavy (non-hydrogen) atoms. The lowest BCUT2D eigenvalue weighted by Gasteiger charge is -2.05. The van der Waals surface area contributed by atoms with Crippen molar-refractivity contribution in [2.45, 2.75) is 25.2 Å². The first-order valence-corrected chi connectivity index (χ1v) is 8.73. The first-order valence-electron chi connectivity index (χ1n) is 8.73. The molecule has 4 rings (SSSR count). The largest absolute Gasteiger partial charge is 0.477 e. The smallest absolute Gasteiger partial charge is 0.354 e. The number of carboxylic acid groups (broad SMARTS) is 1. The predicted octanol–water partition coefficient (Wildman–Crippen LogP) is 3.23. The number of hydrogen-bond acceptors (Lipinski definition) is 4. The summed E-state index contributed by atoms with van der Waals surface area (Å²) in [5, 5.41) is 18.9. The molecular weight excluding hydrogens is 344 g/mol. The van der Waals surface area contributed by atoms with Crippen LogP contribution in [0, 0.1) is 0 Å². The maximum atomic E-state index is 12.2. The molecule has 2 heterocycles. The molecule has 7 heteroatoms. The van der Waals surface area contributed by atoms with Crippen LogP contribution in [-0.4, -0.2) is 32.2 Å². The van der Waals surface area contributed by atoms with Crippen molar-refractivity contribution in [1.29, 1.82) is 0 Å². The SMILES string of the molecule is O=C(Cc1ccc(-c2cccc(C(=O)O)n2)cc1)Nc1cc(C2CC2)[nH]n1. The number of anilines is 1. The number of H-pyrrole nitrogens is 1. The highest BCUT2D eigenvalue weighted by Crippen LogP contribution is 2.39. The van der Waals surface area contributed by atoms with E-state index >= 15 is 0 Å². The lowest BCUT2D eigenvalue weighted by atomic mass is 10.1. The van der Waals surface area contributed by atoms with Crippen LogP contribution in [0.4, 0.5) is 5.82 Å². The van der Waals surface area contributed by atoms with Gasteiger partial charge in [0.15, 0.2) is 5.82 Å². The van der Waals surface area contributed by atoms with E-state index in [1.54, 1.807) is 12.1 Å². The molecule has 0 bridgehead atoms. The molecule has 0 atom stereocenters. The van der Waals surface area contributed by atoms with E-state index in [1.165, 1.54) is 18.9 Å². The number of carbonyl (C=O) groups is 2. The average Bonchev–Trinajstić information content (AvgIpc) is 3.42. The Bertz CT molecular complexity index is 990. The van der Waals surface area contributed by atoms with Crippen molar-refractivity contribution < 1.29 is 14.7 Å². The molecule has 0 unspecified atom stereocenters. The van der Waals surface area contributed by atoms with Crippen LogP contribution in [0.15, 0.2) is 48.5 Å². The number of carbonyl (C=O) groups excluding carboxylic acids is 1. The third-order valence-corrected chi connectivity index (χ3v) is 4.46. The Balaban J connectivity index is 1.40.